The van der Waals surface area contributed by atoms with E-state index in [-0.39, 0.29) is 5.91 Å². The minimum absolute atomic E-state index is 0.115. The predicted molar refractivity (Wildman–Crippen MR) is 81.9 cm³/mol. The molecule has 110 valence electrons. The number of nitrogens with one attached hydrogen (secondary N) is 1. The number of pyridine rings is 1. The number of carbonyl (C=O) groups is 1. The Kier molecular flexibility index (Phi) is 4.99. The first-order chi connectivity index (χ1) is 9.61. The molecule has 2 heterocycles. The van der Waals surface area contributed by atoms with Crippen LogP contribution in [-0.4, -0.2) is 35.9 Å². The minimum atomic E-state index is 0.115. The molecule has 0 radical (unpaired) electrons. The molecular weight excluding hydrogens is 250 g/mol. The zero-order valence-electron chi connectivity index (χ0n) is 12.7. The van der Waals surface area contributed by atoms with E-state index in [1.807, 2.05) is 24.1 Å². The Labute approximate surface area is 121 Å². The summed E-state index contributed by atoms with van der Waals surface area (Å²) in [7, 11) is 1.82. The van der Waals surface area contributed by atoms with Gasteiger partial charge in [-0.2, -0.15) is 0 Å². The van der Waals surface area contributed by atoms with Crippen molar-refractivity contribution in [2.75, 3.05) is 25.5 Å². The summed E-state index contributed by atoms with van der Waals surface area (Å²) < 4.78 is 0. The van der Waals surface area contributed by atoms with Crippen molar-refractivity contribution < 1.29 is 4.79 Å². The van der Waals surface area contributed by atoms with Crippen molar-refractivity contribution in [3.05, 3.63) is 23.9 Å². The van der Waals surface area contributed by atoms with Crippen molar-refractivity contribution in [2.45, 2.75) is 33.1 Å². The summed E-state index contributed by atoms with van der Waals surface area (Å²) in [4.78, 5) is 18.7. The van der Waals surface area contributed by atoms with Gasteiger partial charge in [0.25, 0.3) is 5.91 Å². The molecule has 0 spiro atoms. The minimum Gasteiger partial charge on any atom is -0.373 e. The highest BCUT2D eigenvalue weighted by molar-refractivity contribution is 5.94. The van der Waals surface area contributed by atoms with Crippen LogP contribution in [-0.2, 0) is 0 Å². The molecule has 1 atom stereocenters. The second-order valence-electron chi connectivity index (χ2n) is 5.91. The van der Waals surface area contributed by atoms with Crippen LogP contribution in [0.5, 0.6) is 0 Å². The van der Waals surface area contributed by atoms with Gasteiger partial charge in [0.2, 0.25) is 0 Å². The topological polar surface area (TPSA) is 45.2 Å². The van der Waals surface area contributed by atoms with E-state index in [0.29, 0.717) is 11.5 Å². The molecule has 1 fully saturated rings. The number of nitrogens with zero attached hydrogens (tertiary/aromatic N) is 2. The number of aromatic nitrogens is 1. The summed E-state index contributed by atoms with van der Waals surface area (Å²) in [5.74, 6) is 2.36. The number of anilines is 1. The Morgan fingerprint density at radius 3 is 2.75 bits per heavy atom. The summed E-state index contributed by atoms with van der Waals surface area (Å²) in [5.41, 5.74) is 0.687. The quantitative estimate of drug-likeness (QED) is 0.922. The van der Waals surface area contributed by atoms with Gasteiger partial charge in [0.1, 0.15) is 5.82 Å². The number of amides is 1. The molecule has 1 saturated heterocycles. The van der Waals surface area contributed by atoms with Crippen molar-refractivity contribution in [3.8, 4) is 0 Å². The van der Waals surface area contributed by atoms with Gasteiger partial charge in [-0.25, -0.2) is 4.98 Å². The lowest BCUT2D eigenvalue weighted by Crippen LogP contribution is -2.32. The van der Waals surface area contributed by atoms with Gasteiger partial charge in [0.05, 0.1) is 5.56 Å². The molecule has 1 aromatic rings. The number of hydrogen-bond donors (Lipinski definition) is 1. The van der Waals surface area contributed by atoms with Gasteiger partial charge in [-0.3, -0.25) is 4.79 Å². The Morgan fingerprint density at radius 2 is 2.15 bits per heavy atom. The third-order valence-corrected chi connectivity index (χ3v) is 4.27. The Hall–Kier alpha value is -1.58. The fourth-order valence-corrected chi connectivity index (χ4v) is 2.84. The zero-order chi connectivity index (χ0) is 14.5. The van der Waals surface area contributed by atoms with E-state index in [1.165, 1.54) is 6.42 Å². The molecule has 0 aliphatic carbocycles. The predicted octanol–water partition coefficient (Wildman–Crippen LogP) is 3.02. The van der Waals surface area contributed by atoms with Crippen molar-refractivity contribution in [1.82, 2.24) is 9.88 Å². The molecule has 0 aromatic carbocycles. The molecule has 0 saturated carbocycles. The molecule has 1 aliphatic heterocycles. The normalized spacial score (nSPS) is 19.8. The lowest BCUT2D eigenvalue weighted by atomic mass is 9.89. The molecule has 1 N–H and O–H groups in total. The van der Waals surface area contributed by atoms with E-state index in [0.717, 1.165) is 37.7 Å². The second kappa shape index (κ2) is 6.73. The highest BCUT2D eigenvalue weighted by Crippen LogP contribution is 2.25. The SMILES string of the molecule is CNc1ccc(C(=O)N2CCCC(C(C)C)CC2)cn1. The Morgan fingerprint density at radius 1 is 1.35 bits per heavy atom. The maximum atomic E-state index is 12.5. The molecular formula is C16H25N3O. The van der Waals surface area contributed by atoms with Crippen molar-refractivity contribution in [3.63, 3.8) is 0 Å². The maximum absolute atomic E-state index is 12.5. The molecule has 1 aromatic heterocycles. The van der Waals surface area contributed by atoms with E-state index in [2.05, 4.69) is 24.1 Å². The van der Waals surface area contributed by atoms with E-state index in [1.54, 1.807) is 6.20 Å². The monoisotopic (exact) mass is 275 g/mol. The highest BCUT2D eigenvalue weighted by Gasteiger charge is 2.23. The third kappa shape index (κ3) is 3.50. The molecule has 0 bridgehead atoms. The van der Waals surface area contributed by atoms with Crippen LogP contribution in [0.4, 0.5) is 5.82 Å². The molecule has 20 heavy (non-hydrogen) atoms. The van der Waals surface area contributed by atoms with Gasteiger partial charge in [0, 0.05) is 26.3 Å². The first-order valence-electron chi connectivity index (χ1n) is 7.55. The lowest BCUT2D eigenvalue weighted by Gasteiger charge is -2.21. The van der Waals surface area contributed by atoms with Crippen LogP contribution >= 0.6 is 0 Å². The van der Waals surface area contributed by atoms with E-state index in [9.17, 15) is 4.79 Å². The largest absolute Gasteiger partial charge is 0.373 e. The van der Waals surface area contributed by atoms with Gasteiger partial charge >= 0.3 is 0 Å². The van der Waals surface area contributed by atoms with E-state index >= 15 is 0 Å². The fraction of sp³-hybridized carbons (Fsp3) is 0.625. The summed E-state index contributed by atoms with van der Waals surface area (Å²) in [6, 6.07) is 3.70. The Balaban J connectivity index is 2.01. The average molecular weight is 275 g/mol. The maximum Gasteiger partial charge on any atom is 0.255 e. The van der Waals surface area contributed by atoms with Crippen molar-refractivity contribution in [2.24, 2.45) is 11.8 Å². The average Bonchev–Trinajstić information content (AvgIpc) is 2.72. The number of hydrogen-bond acceptors (Lipinski definition) is 3. The first kappa shape index (κ1) is 14.8. The second-order valence-corrected chi connectivity index (χ2v) is 5.91. The summed E-state index contributed by atoms with van der Waals surface area (Å²) in [5, 5.41) is 2.96. The van der Waals surface area contributed by atoms with Crippen LogP contribution in [0.25, 0.3) is 0 Å². The lowest BCUT2D eigenvalue weighted by molar-refractivity contribution is 0.0758. The number of rotatable bonds is 3. The number of likely N-dealkylation sites (tertiary alicyclic amines) is 1. The molecule has 1 amide bonds. The highest BCUT2D eigenvalue weighted by atomic mass is 16.2. The molecule has 2 rings (SSSR count). The molecule has 1 aliphatic rings. The van der Waals surface area contributed by atoms with Crippen LogP contribution < -0.4 is 5.32 Å². The smallest absolute Gasteiger partial charge is 0.255 e. The summed E-state index contributed by atoms with van der Waals surface area (Å²) >= 11 is 0. The summed E-state index contributed by atoms with van der Waals surface area (Å²) in [6.07, 6.45) is 5.12. The fourth-order valence-electron chi connectivity index (χ4n) is 2.84. The van der Waals surface area contributed by atoms with Crippen LogP contribution in [0, 0.1) is 11.8 Å². The van der Waals surface area contributed by atoms with Gasteiger partial charge in [-0.1, -0.05) is 13.8 Å². The van der Waals surface area contributed by atoms with Crippen LogP contribution in [0.1, 0.15) is 43.5 Å². The Bertz CT molecular complexity index is 442. The number of carbonyl (C=O) groups excluding carboxylic acids is 1. The van der Waals surface area contributed by atoms with E-state index < -0.39 is 0 Å². The zero-order valence-corrected chi connectivity index (χ0v) is 12.7. The van der Waals surface area contributed by atoms with Crippen LogP contribution in [0.2, 0.25) is 0 Å². The summed E-state index contributed by atoms with van der Waals surface area (Å²) in [6.45, 7) is 6.30. The van der Waals surface area contributed by atoms with Gasteiger partial charge in [-0.05, 0) is 43.2 Å². The first-order valence-corrected chi connectivity index (χ1v) is 7.55. The third-order valence-electron chi connectivity index (χ3n) is 4.27. The standard InChI is InChI=1S/C16H25N3O/c1-12(2)13-5-4-9-19(10-8-13)16(20)14-6-7-15(17-3)18-11-14/h6-7,11-13H,4-5,8-10H2,1-3H3,(H,17,18). The molecule has 4 heteroatoms. The van der Waals surface area contributed by atoms with Crippen molar-refractivity contribution >= 4 is 11.7 Å². The van der Waals surface area contributed by atoms with E-state index in [4.69, 9.17) is 0 Å². The molecule has 4 nitrogen and oxygen atoms in total. The van der Waals surface area contributed by atoms with Crippen LogP contribution in [0.15, 0.2) is 18.3 Å². The molecule has 1 unspecified atom stereocenters. The van der Waals surface area contributed by atoms with Gasteiger partial charge in [0.15, 0.2) is 0 Å². The van der Waals surface area contributed by atoms with Crippen LogP contribution in [0.3, 0.4) is 0 Å². The van der Waals surface area contributed by atoms with Gasteiger partial charge in [-0.15, -0.1) is 0 Å². The van der Waals surface area contributed by atoms with Gasteiger partial charge < -0.3 is 10.2 Å². The van der Waals surface area contributed by atoms with Crippen molar-refractivity contribution in [1.29, 1.82) is 0 Å².